The molecule has 4 rings (SSSR count). The zero-order valence-corrected chi connectivity index (χ0v) is 15.2. The zero-order chi connectivity index (χ0) is 19.0. The average Bonchev–Trinajstić information content (AvgIpc) is 3.41. The second-order valence-corrected chi connectivity index (χ2v) is 7.16. The fourth-order valence-electron chi connectivity index (χ4n) is 3.65. The first-order valence-electron chi connectivity index (χ1n) is 9.24. The number of hydrogen-bond donors (Lipinski definition) is 1. The third-order valence-electron chi connectivity index (χ3n) is 5.22. The van der Waals surface area contributed by atoms with Crippen LogP contribution in [0.1, 0.15) is 41.9 Å². The van der Waals surface area contributed by atoms with Crippen molar-refractivity contribution in [3.63, 3.8) is 0 Å². The number of amides is 2. The van der Waals surface area contributed by atoms with Crippen LogP contribution in [0, 0.1) is 6.92 Å². The van der Waals surface area contributed by atoms with Gasteiger partial charge in [-0.05, 0) is 37.8 Å². The van der Waals surface area contributed by atoms with Gasteiger partial charge in [-0.1, -0.05) is 17.3 Å². The fraction of sp³-hybridized carbons (Fsp3) is 0.474. The molecule has 27 heavy (non-hydrogen) atoms. The molecule has 2 fully saturated rings. The molecule has 1 aromatic carbocycles. The van der Waals surface area contributed by atoms with Crippen LogP contribution in [-0.4, -0.2) is 62.2 Å². The number of nitrogens with zero attached hydrogens (tertiary/aromatic N) is 4. The Morgan fingerprint density at radius 1 is 1.11 bits per heavy atom. The van der Waals surface area contributed by atoms with Crippen molar-refractivity contribution in [3.8, 4) is 11.4 Å². The Kier molecular flexibility index (Phi) is 4.55. The first kappa shape index (κ1) is 17.5. The van der Waals surface area contributed by atoms with Crippen LogP contribution in [0.5, 0.6) is 0 Å². The summed E-state index contributed by atoms with van der Waals surface area (Å²) in [7, 11) is 0. The summed E-state index contributed by atoms with van der Waals surface area (Å²) in [6, 6.07) is 7.63. The molecule has 0 spiro atoms. The maximum absolute atomic E-state index is 13.1. The SMILES string of the molecule is Cc1nc(-c2ccc(C(=O)N(C3CC3)C3CCN(C(=O)O)CC3)cc2)no1. The molecular weight excluding hydrogens is 348 g/mol. The normalized spacial score (nSPS) is 17.7. The second kappa shape index (κ2) is 7.02. The van der Waals surface area contributed by atoms with Crippen molar-refractivity contribution >= 4 is 12.0 Å². The zero-order valence-electron chi connectivity index (χ0n) is 15.2. The molecular formula is C19H22N4O4. The summed E-state index contributed by atoms with van der Waals surface area (Å²) in [4.78, 5) is 31.9. The molecule has 1 N–H and O–H groups in total. The molecule has 1 saturated heterocycles. The van der Waals surface area contributed by atoms with Crippen molar-refractivity contribution in [3.05, 3.63) is 35.7 Å². The van der Waals surface area contributed by atoms with E-state index in [4.69, 9.17) is 9.63 Å². The van der Waals surface area contributed by atoms with E-state index in [1.54, 1.807) is 19.1 Å². The van der Waals surface area contributed by atoms with Crippen molar-refractivity contribution in [2.45, 2.75) is 44.7 Å². The third-order valence-corrected chi connectivity index (χ3v) is 5.22. The van der Waals surface area contributed by atoms with Gasteiger partial charge in [-0.25, -0.2) is 4.79 Å². The van der Waals surface area contributed by atoms with Crippen LogP contribution in [0.2, 0.25) is 0 Å². The van der Waals surface area contributed by atoms with E-state index in [0.717, 1.165) is 18.4 Å². The quantitative estimate of drug-likeness (QED) is 0.888. The van der Waals surface area contributed by atoms with Crippen LogP contribution in [-0.2, 0) is 0 Å². The van der Waals surface area contributed by atoms with Gasteiger partial charge in [0.1, 0.15) is 0 Å². The number of carboxylic acid groups (broad SMARTS) is 1. The highest BCUT2D eigenvalue weighted by Gasteiger charge is 2.39. The van der Waals surface area contributed by atoms with Gasteiger partial charge < -0.3 is 19.4 Å². The van der Waals surface area contributed by atoms with Gasteiger partial charge in [-0.2, -0.15) is 4.98 Å². The molecule has 1 saturated carbocycles. The minimum Gasteiger partial charge on any atom is -0.465 e. The average molecular weight is 370 g/mol. The lowest BCUT2D eigenvalue weighted by Crippen LogP contribution is -2.49. The van der Waals surface area contributed by atoms with E-state index in [-0.39, 0.29) is 18.0 Å². The Bertz CT molecular complexity index is 836. The topological polar surface area (TPSA) is 99.8 Å². The fourth-order valence-corrected chi connectivity index (χ4v) is 3.65. The first-order chi connectivity index (χ1) is 13.0. The maximum atomic E-state index is 13.1. The second-order valence-electron chi connectivity index (χ2n) is 7.16. The summed E-state index contributed by atoms with van der Waals surface area (Å²) in [5.41, 5.74) is 1.43. The van der Waals surface area contributed by atoms with Crippen LogP contribution < -0.4 is 0 Å². The highest BCUT2D eigenvalue weighted by molar-refractivity contribution is 5.95. The molecule has 1 aliphatic heterocycles. The number of likely N-dealkylation sites (tertiary alicyclic amines) is 1. The van der Waals surface area contributed by atoms with Crippen LogP contribution >= 0.6 is 0 Å². The van der Waals surface area contributed by atoms with Crippen molar-refractivity contribution in [1.29, 1.82) is 0 Å². The van der Waals surface area contributed by atoms with Crippen LogP contribution in [0.4, 0.5) is 4.79 Å². The maximum Gasteiger partial charge on any atom is 0.407 e. The summed E-state index contributed by atoms with van der Waals surface area (Å²) >= 11 is 0. The Labute approximate surface area is 156 Å². The summed E-state index contributed by atoms with van der Waals surface area (Å²) in [6.45, 7) is 2.69. The molecule has 2 aromatic rings. The lowest BCUT2D eigenvalue weighted by Gasteiger charge is -2.38. The molecule has 1 aliphatic carbocycles. The van der Waals surface area contributed by atoms with Crippen LogP contribution in [0.3, 0.4) is 0 Å². The van der Waals surface area contributed by atoms with E-state index in [1.165, 1.54) is 4.90 Å². The van der Waals surface area contributed by atoms with Gasteiger partial charge in [0, 0.05) is 43.2 Å². The minimum absolute atomic E-state index is 0.0158. The highest BCUT2D eigenvalue weighted by Crippen LogP contribution is 2.33. The van der Waals surface area contributed by atoms with Crippen molar-refractivity contribution < 1.29 is 19.2 Å². The van der Waals surface area contributed by atoms with Gasteiger partial charge in [0.25, 0.3) is 5.91 Å². The summed E-state index contributed by atoms with van der Waals surface area (Å²) in [5.74, 6) is 1.02. The summed E-state index contributed by atoms with van der Waals surface area (Å²) < 4.78 is 5.00. The van der Waals surface area contributed by atoms with Crippen molar-refractivity contribution in [2.75, 3.05) is 13.1 Å². The molecule has 1 aromatic heterocycles. The van der Waals surface area contributed by atoms with Gasteiger partial charge in [0.05, 0.1) is 0 Å². The Balaban J connectivity index is 1.49. The molecule has 8 heteroatoms. The van der Waals surface area contributed by atoms with Gasteiger partial charge in [0.15, 0.2) is 0 Å². The first-order valence-corrected chi connectivity index (χ1v) is 9.24. The van der Waals surface area contributed by atoms with Crippen molar-refractivity contribution in [2.24, 2.45) is 0 Å². The minimum atomic E-state index is -0.884. The number of rotatable bonds is 4. The third kappa shape index (κ3) is 3.65. The Hall–Kier alpha value is -2.90. The Morgan fingerprint density at radius 3 is 2.26 bits per heavy atom. The van der Waals surface area contributed by atoms with E-state index in [2.05, 4.69) is 10.1 Å². The van der Waals surface area contributed by atoms with Crippen LogP contribution in [0.25, 0.3) is 11.4 Å². The smallest absolute Gasteiger partial charge is 0.407 e. The van der Waals surface area contributed by atoms with E-state index in [1.807, 2.05) is 17.0 Å². The standard InChI is InChI=1S/C19H22N4O4/c1-12-20-17(21-27-12)13-2-4-14(5-3-13)18(24)23(15-6-7-15)16-8-10-22(11-9-16)19(25)26/h2-5,15-16H,6-11H2,1H3,(H,25,26). The van der Waals surface area contributed by atoms with E-state index >= 15 is 0 Å². The van der Waals surface area contributed by atoms with Crippen LogP contribution in [0.15, 0.2) is 28.8 Å². The van der Waals surface area contributed by atoms with Crippen molar-refractivity contribution in [1.82, 2.24) is 19.9 Å². The lowest BCUT2D eigenvalue weighted by atomic mass is 10.0. The molecule has 8 nitrogen and oxygen atoms in total. The van der Waals surface area contributed by atoms with E-state index < -0.39 is 6.09 Å². The van der Waals surface area contributed by atoms with Gasteiger partial charge in [-0.15, -0.1) is 0 Å². The predicted molar refractivity (Wildman–Crippen MR) is 96.3 cm³/mol. The molecule has 0 radical (unpaired) electrons. The number of piperidine rings is 1. The lowest BCUT2D eigenvalue weighted by molar-refractivity contribution is 0.0551. The Morgan fingerprint density at radius 2 is 1.74 bits per heavy atom. The van der Waals surface area contributed by atoms with Gasteiger partial charge in [-0.3, -0.25) is 4.79 Å². The molecule has 2 aliphatic rings. The highest BCUT2D eigenvalue weighted by atomic mass is 16.5. The summed E-state index contributed by atoms with van der Waals surface area (Å²) in [5, 5.41) is 13.0. The number of aromatic nitrogens is 2. The number of aryl methyl sites for hydroxylation is 1. The molecule has 142 valence electrons. The van der Waals surface area contributed by atoms with E-state index in [9.17, 15) is 9.59 Å². The molecule has 2 heterocycles. The van der Waals surface area contributed by atoms with Gasteiger partial charge >= 0.3 is 6.09 Å². The largest absolute Gasteiger partial charge is 0.465 e. The predicted octanol–water partition coefficient (Wildman–Crippen LogP) is 2.79. The molecule has 0 unspecified atom stereocenters. The number of carbonyl (C=O) groups is 2. The molecule has 0 bridgehead atoms. The molecule has 0 atom stereocenters. The number of benzene rings is 1. The van der Waals surface area contributed by atoms with E-state index in [0.29, 0.717) is 43.2 Å². The van der Waals surface area contributed by atoms with Gasteiger partial charge in [0.2, 0.25) is 11.7 Å². The summed E-state index contributed by atoms with van der Waals surface area (Å²) in [6.07, 6.45) is 2.53. The monoisotopic (exact) mass is 370 g/mol. The molecule has 2 amide bonds. The number of carbonyl (C=O) groups excluding carboxylic acids is 1. The number of hydrogen-bond acceptors (Lipinski definition) is 5.